The Labute approximate surface area is 94.3 Å². The average Bonchev–Trinajstić information content (AvgIpc) is 2.26. The molecule has 86 valence electrons. The molecule has 0 aliphatic heterocycles. The van der Waals surface area contributed by atoms with Crippen LogP contribution in [-0.2, 0) is 4.79 Å². The maximum Gasteiger partial charge on any atom is 0.120 e. The molecule has 0 aromatic rings. The molecule has 0 N–H and O–H groups in total. The summed E-state index contributed by atoms with van der Waals surface area (Å²) in [5, 5.41) is 0. The lowest BCUT2D eigenvalue weighted by Gasteiger charge is -1.91. The van der Waals surface area contributed by atoms with Gasteiger partial charge in [0.2, 0.25) is 0 Å². The summed E-state index contributed by atoms with van der Waals surface area (Å²) in [7, 11) is 0. The zero-order valence-corrected chi connectivity index (χ0v) is 9.95. The van der Waals surface area contributed by atoms with Gasteiger partial charge in [0.1, 0.15) is 6.29 Å². The molecular weight excluding hydrogens is 184 g/mol. The molecule has 0 atom stereocenters. The number of rotatable bonds is 10. The summed E-state index contributed by atoms with van der Waals surface area (Å²) in [4.78, 5) is 10.0. The number of hydrogen-bond acceptors (Lipinski definition) is 1. The van der Waals surface area contributed by atoms with Crippen LogP contribution in [0, 0.1) is 0 Å². The molecule has 0 fully saturated rings. The van der Waals surface area contributed by atoms with Crippen LogP contribution < -0.4 is 0 Å². The van der Waals surface area contributed by atoms with Gasteiger partial charge in [-0.15, -0.1) is 0 Å². The highest BCUT2D eigenvalue weighted by atomic mass is 16.1. The van der Waals surface area contributed by atoms with Gasteiger partial charge in [-0.25, -0.2) is 0 Å². The van der Waals surface area contributed by atoms with E-state index < -0.39 is 0 Å². The number of carbonyl (C=O) groups is 1. The van der Waals surface area contributed by atoms with Crippen molar-refractivity contribution in [3.63, 3.8) is 0 Å². The molecule has 0 heterocycles. The number of unbranched alkanes of at least 4 members (excludes halogenated alkanes) is 5. The lowest BCUT2D eigenvalue weighted by molar-refractivity contribution is -0.107. The smallest absolute Gasteiger partial charge is 0.120 e. The number of hydrogen-bond donors (Lipinski definition) is 0. The van der Waals surface area contributed by atoms with Gasteiger partial charge in [0, 0.05) is 6.42 Å². The lowest BCUT2D eigenvalue weighted by atomic mass is 10.2. The molecule has 0 saturated carbocycles. The van der Waals surface area contributed by atoms with Crippen LogP contribution in [-0.4, -0.2) is 6.29 Å². The van der Waals surface area contributed by atoms with Gasteiger partial charge in [0.05, 0.1) is 0 Å². The van der Waals surface area contributed by atoms with Crippen molar-refractivity contribution in [2.75, 3.05) is 0 Å². The molecule has 0 aromatic carbocycles. The van der Waals surface area contributed by atoms with Crippen LogP contribution in [0.3, 0.4) is 0 Å². The normalized spacial score (nSPS) is 11.5. The summed E-state index contributed by atoms with van der Waals surface area (Å²) in [5.74, 6) is 0. The molecule has 0 bridgehead atoms. The van der Waals surface area contributed by atoms with Gasteiger partial charge in [0.15, 0.2) is 0 Å². The zero-order valence-electron chi connectivity index (χ0n) is 9.95. The van der Waals surface area contributed by atoms with Crippen molar-refractivity contribution in [3.8, 4) is 0 Å². The van der Waals surface area contributed by atoms with Gasteiger partial charge >= 0.3 is 0 Å². The van der Waals surface area contributed by atoms with Gasteiger partial charge in [0.25, 0.3) is 0 Å². The quantitative estimate of drug-likeness (QED) is 0.295. The molecule has 0 amide bonds. The fraction of sp³-hybridized carbons (Fsp3) is 0.643. The molecule has 0 aliphatic rings. The summed E-state index contributed by atoms with van der Waals surface area (Å²) in [6.07, 6.45) is 18.8. The third kappa shape index (κ3) is 13.2. The lowest BCUT2D eigenvalue weighted by Crippen LogP contribution is -1.73. The summed E-state index contributed by atoms with van der Waals surface area (Å²) in [6, 6.07) is 0. The third-order valence-corrected chi connectivity index (χ3v) is 2.25. The van der Waals surface area contributed by atoms with Crippen LogP contribution in [0.5, 0.6) is 0 Å². The van der Waals surface area contributed by atoms with E-state index in [9.17, 15) is 4.79 Å². The monoisotopic (exact) mass is 208 g/mol. The average molecular weight is 208 g/mol. The van der Waals surface area contributed by atoms with Crippen LogP contribution in [0.15, 0.2) is 24.3 Å². The first kappa shape index (κ1) is 14.2. The first-order valence-corrected chi connectivity index (χ1v) is 6.15. The Balaban J connectivity index is 3.13. The van der Waals surface area contributed by atoms with Crippen molar-refractivity contribution in [1.29, 1.82) is 0 Å². The van der Waals surface area contributed by atoms with Crippen LogP contribution >= 0.6 is 0 Å². The Hall–Kier alpha value is -0.850. The minimum Gasteiger partial charge on any atom is -0.303 e. The van der Waals surface area contributed by atoms with Gasteiger partial charge in [-0.1, -0.05) is 44.1 Å². The number of allylic oxidation sites excluding steroid dienone is 4. The van der Waals surface area contributed by atoms with Crippen LogP contribution in [0.1, 0.15) is 58.3 Å². The molecule has 0 aromatic heterocycles. The molecular formula is C14H24O. The molecule has 0 radical (unpaired) electrons. The predicted molar refractivity (Wildman–Crippen MR) is 67.0 cm³/mol. The second-order valence-electron chi connectivity index (χ2n) is 3.76. The highest BCUT2D eigenvalue weighted by molar-refractivity contribution is 5.49. The SMILES string of the molecule is CCCC/C=C/CCC/C=C\CCC=O. The molecule has 0 saturated heterocycles. The Morgan fingerprint density at radius 2 is 1.27 bits per heavy atom. The highest BCUT2D eigenvalue weighted by Crippen LogP contribution is 2.01. The Morgan fingerprint density at radius 1 is 0.733 bits per heavy atom. The number of aldehydes is 1. The van der Waals surface area contributed by atoms with Crippen molar-refractivity contribution in [2.24, 2.45) is 0 Å². The van der Waals surface area contributed by atoms with Crippen LogP contribution in [0.4, 0.5) is 0 Å². The fourth-order valence-corrected chi connectivity index (χ4v) is 1.31. The van der Waals surface area contributed by atoms with E-state index >= 15 is 0 Å². The molecule has 0 aliphatic carbocycles. The van der Waals surface area contributed by atoms with Crippen LogP contribution in [0.25, 0.3) is 0 Å². The Bertz CT molecular complexity index is 180. The van der Waals surface area contributed by atoms with Gasteiger partial charge in [-0.3, -0.25) is 0 Å². The van der Waals surface area contributed by atoms with Crippen molar-refractivity contribution in [2.45, 2.75) is 58.3 Å². The van der Waals surface area contributed by atoms with E-state index in [1.165, 1.54) is 32.1 Å². The fourth-order valence-electron chi connectivity index (χ4n) is 1.31. The molecule has 1 heteroatoms. The van der Waals surface area contributed by atoms with Crippen LogP contribution in [0.2, 0.25) is 0 Å². The molecule has 15 heavy (non-hydrogen) atoms. The molecule has 1 nitrogen and oxygen atoms in total. The molecule has 0 unspecified atom stereocenters. The predicted octanol–water partition coefficient (Wildman–Crippen LogP) is 4.44. The van der Waals surface area contributed by atoms with Crippen molar-refractivity contribution in [3.05, 3.63) is 24.3 Å². The zero-order chi connectivity index (χ0) is 11.2. The second-order valence-corrected chi connectivity index (χ2v) is 3.76. The third-order valence-electron chi connectivity index (χ3n) is 2.25. The van der Waals surface area contributed by atoms with Gasteiger partial charge in [-0.05, 0) is 32.1 Å². The largest absolute Gasteiger partial charge is 0.303 e. The van der Waals surface area contributed by atoms with E-state index in [2.05, 4.69) is 31.2 Å². The first-order valence-electron chi connectivity index (χ1n) is 6.15. The summed E-state index contributed by atoms with van der Waals surface area (Å²) in [6.45, 7) is 2.22. The topological polar surface area (TPSA) is 17.1 Å². The Kier molecular flexibility index (Phi) is 12.4. The van der Waals surface area contributed by atoms with E-state index in [1.54, 1.807) is 0 Å². The van der Waals surface area contributed by atoms with E-state index in [0.29, 0.717) is 6.42 Å². The number of carbonyl (C=O) groups excluding carboxylic acids is 1. The maximum atomic E-state index is 10.0. The summed E-state index contributed by atoms with van der Waals surface area (Å²) < 4.78 is 0. The highest BCUT2D eigenvalue weighted by Gasteiger charge is 1.82. The van der Waals surface area contributed by atoms with Crippen molar-refractivity contribution < 1.29 is 4.79 Å². The second kappa shape index (κ2) is 13.2. The summed E-state index contributed by atoms with van der Waals surface area (Å²) in [5.41, 5.74) is 0. The van der Waals surface area contributed by atoms with Crippen molar-refractivity contribution >= 4 is 6.29 Å². The Morgan fingerprint density at radius 3 is 1.80 bits per heavy atom. The molecule has 0 rings (SSSR count). The standard InChI is InChI=1S/C14H24O/c1-2-3-4-5-6-7-8-9-10-11-12-13-14-15/h5-6,10-11,14H,2-4,7-9,12-13H2,1H3/b6-5+,11-10-. The van der Waals surface area contributed by atoms with E-state index in [1.807, 2.05) is 0 Å². The minimum atomic E-state index is 0.660. The van der Waals surface area contributed by atoms with E-state index in [4.69, 9.17) is 0 Å². The van der Waals surface area contributed by atoms with Gasteiger partial charge < -0.3 is 4.79 Å². The van der Waals surface area contributed by atoms with Gasteiger partial charge in [-0.2, -0.15) is 0 Å². The van der Waals surface area contributed by atoms with E-state index in [0.717, 1.165) is 19.1 Å². The van der Waals surface area contributed by atoms with E-state index in [-0.39, 0.29) is 0 Å². The summed E-state index contributed by atoms with van der Waals surface area (Å²) >= 11 is 0. The maximum absolute atomic E-state index is 10.0. The molecule has 0 spiro atoms. The van der Waals surface area contributed by atoms with Crippen molar-refractivity contribution in [1.82, 2.24) is 0 Å². The first-order chi connectivity index (χ1) is 7.41. The minimum absolute atomic E-state index is 0.660.